The zero-order valence-electron chi connectivity index (χ0n) is 7.43. The van der Waals surface area contributed by atoms with Crippen molar-refractivity contribution in [1.82, 2.24) is 4.98 Å². The molecule has 0 saturated heterocycles. The van der Waals surface area contributed by atoms with Crippen LogP contribution >= 0.6 is 0 Å². The highest BCUT2D eigenvalue weighted by Crippen LogP contribution is 2.15. The molecule has 0 atom stereocenters. The molecule has 15 heavy (non-hydrogen) atoms. The Hall–Kier alpha value is -2.30. The Labute approximate surface area is 84.1 Å². The van der Waals surface area contributed by atoms with E-state index in [-0.39, 0.29) is 22.7 Å². The van der Waals surface area contributed by atoms with Crippen LogP contribution in [0.2, 0.25) is 0 Å². The molecule has 0 spiro atoms. The molecule has 0 radical (unpaired) electrons. The molecule has 1 aromatic heterocycles. The van der Waals surface area contributed by atoms with E-state index in [1.807, 2.05) is 0 Å². The largest absolute Gasteiger partial charge is 0.477 e. The van der Waals surface area contributed by atoms with E-state index in [0.29, 0.717) is 0 Å². The summed E-state index contributed by atoms with van der Waals surface area (Å²) in [5.41, 5.74) is -0.194. The Morgan fingerprint density at radius 1 is 1.13 bits per heavy atom. The number of hydrogen-bond donors (Lipinski definition) is 1. The van der Waals surface area contributed by atoms with Crippen LogP contribution in [0.1, 0.15) is 31.3 Å². The SMILES string of the molecule is O=C(O)c1ccc2c(n1)C(=O)C=CC2=O. The van der Waals surface area contributed by atoms with Crippen molar-refractivity contribution in [2.75, 3.05) is 0 Å². The molecule has 0 unspecified atom stereocenters. The summed E-state index contributed by atoms with van der Waals surface area (Å²) in [6.45, 7) is 0. The van der Waals surface area contributed by atoms with Crippen molar-refractivity contribution in [3.63, 3.8) is 0 Å². The number of hydrogen-bond acceptors (Lipinski definition) is 4. The fraction of sp³-hybridized carbons (Fsp3) is 0. The minimum atomic E-state index is -1.23. The van der Waals surface area contributed by atoms with E-state index in [1.54, 1.807) is 0 Å². The van der Waals surface area contributed by atoms with Crippen molar-refractivity contribution in [1.29, 1.82) is 0 Å². The lowest BCUT2D eigenvalue weighted by atomic mass is 9.99. The highest BCUT2D eigenvalue weighted by atomic mass is 16.4. The van der Waals surface area contributed by atoms with Crippen molar-refractivity contribution in [3.05, 3.63) is 41.2 Å². The van der Waals surface area contributed by atoms with Gasteiger partial charge in [0, 0.05) is 0 Å². The van der Waals surface area contributed by atoms with Crippen LogP contribution in [0.4, 0.5) is 0 Å². The number of pyridine rings is 1. The summed E-state index contributed by atoms with van der Waals surface area (Å²) in [4.78, 5) is 36.8. The first-order chi connectivity index (χ1) is 7.09. The number of fused-ring (bicyclic) bond motifs is 1. The van der Waals surface area contributed by atoms with Crippen LogP contribution in [0.3, 0.4) is 0 Å². The minimum absolute atomic E-state index is 0.0950. The van der Waals surface area contributed by atoms with Gasteiger partial charge in [0.25, 0.3) is 0 Å². The normalized spacial score (nSPS) is 13.9. The standard InChI is InChI=1S/C10H5NO4/c12-7-3-4-8(13)9-5(7)1-2-6(11-9)10(14)15/h1-4H,(H,14,15). The average Bonchev–Trinajstić information content (AvgIpc) is 2.23. The smallest absolute Gasteiger partial charge is 0.354 e. The number of allylic oxidation sites excluding steroid dienone is 2. The average molecular weight is 203 g/mol. The van der Waals surface area contributed by atoms with Crippen LogP contribution in [0.25, 0.3) is 0 Å². The second kappa shape index (κ2) is 3.13. The van der Waals surface area contributed by atoms with E-state index in [2.05, 4.69) is 4.98 Å². The Kier molecular flexibility index (Phi) is 1.93. The number of aromatic nitrogens is 1. The first-order valence-corrected chi connectivity index (χ1v) is 4.10. The molecule has 1 aromatic rings. The van der Waals surface area contributed by atoms with Crippen LogP contribution in [-0.4, -0.2) is 27.6 Å². The van der Waals surface area contributed by atoms with Gasteiger partial charge >= 0.3 is 5.97 Å². The van der Waals surface area contributed by atoms with Gasteiger partial charge in [-0.25, -0.2) is 9.78 Å². The molecule has 0 saturated carbocycles. The van der Waals surface area contributed by atoms with Gasteiger partial charge in [0.15, 0.2) is 5.78 Å². The monoisotopic (exact) mass is 203 g/mol. The third-order valence-electron chi connectivity index (χ3n) is 2.00. The summed E-state index contributed by atoms with van der Waals surface area (Å²) >= 11 is 0. The van der Waals surface area contributed by atoms with Crippen molar-refractivity contribution >= 4 is 17.5 Å². The number of ketones is 2. The van der Waals surface area contributed by atoms with E-state index in [9.17, 15) is 14.4 Å². The lowest BCUT2D eigenvalue weighted by molar-refractivity contribution is 0.0689. The zero-order chi connectivity index (χ0) is 11.0. The maximum atomic E-state index is 11.3. The maximum Gasteiger partial charge on any atom is 0.354 e. The Morgan fingerprint density at radius 2 is 1.80 bits per heavy atom. The molecule has 1 aliphatic rings. The minimum Gasteiger partial charge on any atom is -0.477 e. The van der Waals surface area contributed by atoms with Gasteiger partial charge in [-0.15, -0.1) is 0 Å². The van der Waals surface area contributed by atoms with E-state index in [0.717, 1.165) is 12.2 Å². The summed E-state index contributed by atoms with van der Waals surface area (Å²) in [5, 5.41) is 8.66. The molecule has 5 nitrogen and oxygen atoms in total. The van der Waals surface area contributed by atoms with Gasteiger partial charge in [0.05, 0.1) is 5.56 Å². The van der Waals surface area contributed by atoms with Crippen LogP contribution in [0, 0.1) is 0 Å². The molecule has 0 aliphatic heterocycles. The lowest BCUT2D eigenvalue weighted by Gasteiger charge is -2.07. The number of carbonyl (C=O) groups is 3. The van der Waals surface area contributed by atoms with Gasteiger partial charge in [-0.3, -0.25) is 9.59 Å². The first kappa shape index (κ1) is 9.26. The molecule has 1 heterocycles. The molecular formula is C10H5NO4. The molecule has 74 valence electrons. The van der Waals surface area contributed by atoms with E-state index < -0.39 is 11.8 Å². The number of rotatable bonds is 1. The van der Waals surface area contributed by atoms with Gasteiger partial charge < -0.3 is 5.11 Å². The molecule has 0 amide bonds. The van der Waals surface area contributed by atoms with Gasteiger partial charge in [0.1, 0.15) is 11.4 Å². The van der Waals surface area contributed by atoms with Crippen LogP contribution < -0.4 is 0 Å². The lowest BCUT2D eigenvalue weighted by Crippen LogP contribution is -2.16. The van der Waals surface area contributed by atoms with Gasteiger partial charge in [-0.1, -0.05) is 0 Å². The highest BCUT2D eigenvalue weighted by molar-refractivity contribution is 6.21. The fourth-order valence-electron chi connectivity index (χ4n) is 1.29. The molecular weight excluding hydrogens is 198 g/mol. The molecule has 0 aromatic carbocycles. The molecule has 1 aliphatic carbocycles. The van der Waals surface area contributed by atoms with Gasteiger partial charge in [-0.2, -0.15) is 0 Å². The third-order valence-corrected chi connectivity index (χ3v) is 2.00. The topological polar surface area (TPSA) is 84.3 Å². The molecule has 0 fully saturated rings. The van der Waals surface area contributed by atoms with Gasteiger partial charge in [-0.05, 0) is 24.3 Å². The second-order valence-electron chi connectivity index (χ2n) is 2.96. The Morgan fingerprint density at radius 3 is 2.47 bits per heavy atom. The van der Waals surface area contributed by atoms with Gasteiger partial charge in [0.2, 0.25) is 5.78 Å². The predicted molar refractivity (Wildman–Crippen MR) is 49.0 cm³/mol. The molecule has 2 rings (SSSR count). The van der Waals surface area contributed by atoms with Crippen molar-refractivity contribution in [2.24, 2.45) is 0 Å². The van der Waals surface area contributed by atoms with Crippen LogP contribution in [0.5, 0.6) is 0 Å². The second-order valence-corrected chi connectivity index (χ2v) is 2.96. The van der Waals surface area contributed by atoms with Crippen LogP contribution in [-0.2, 0) is 0 Å². The van der Waals surface area contributed by atoms with Crippen molar-refractivity contribution < 1.29 is 19.5 Å². The maximum absolute atomic E-state index is 11.3. The fourth-order valence-corrected chi connectivity index (χ4v) is 1.29. The van der Waals surface area contributed by atoms with E-state index in [4.69, 9.17) is 5.11 Å². The van der Waals surface area contributed by atoms with E-state index >= 15 is 0 Å². The van der Waals surface area contributed by atoms with E-state index in [1.165, 1.54) is 12.1 Å². The van der Waals surface area contributed by atoms with Crippen molar-refractivity contribution in [2.45, 2.75) is 0 Å². The predicted octanol–water partition coefficient (Wildman–Crippen LogP) is 0.715. The highest BCUT2D eigenvalue weighted by Gasteiger charge is 2.21. The third kappa shape index (κ3) is 1.43. The summed E-state index contributed by atoms with van der Waals surface area (Å²) in [7, 11) is 0. The number of carboxylic acids is 1. The first-order valence-electron chi connectivity index (χ1n) is 4.10. The molecule has 1 N–H and O–H groups in total. The number of aromatic carboxylic acids is 1. The number of carbonyl (C=O) groups excluding carboxylic acids is 2. The quantitative estimate of drug-likeness (QED) is 0.726. The number of nitrogens with zero attached hydrogens (tertiary/aromatic N) is 1. The molecule has 5 heteroatoms. The summed E-state index contributed by atoms with van der Waals surface area (Å²) in [5.74, 6) is -2.02. The Balaban J connectivity index is 2.63. The summed E-state index contributed by atoms with van der Waals surface area (Å²) in [6, 6.07) is 2.50. The Bertz CT molecular complexity index is 516. The number of carboxylic acid groups (broad SMARTS) is 1. The van der Waals surface area contributed by atoms with Crippen LogP contribution in [0.15, 0.2) is 24.3 Å². The summed E-state index contributed by atoms with van der Waals surface area (Å²) < 4.78 is 0. The summed E-state index contributed by atoms with van der Waals surface area (Å²) in [6.07, 6.45) is 2.23. The zero-order valence-corrected chi connectivity index (χ0v) is 7.43. The van der Waals surface area contributed by atoms with Crippen molar-refractivity contribution in [3.8, 4) is 0 Å². The molecule has 0 bridgehead atoms.